The number of ether oxygens (including phenoxy) is 3. The van der Waals surface area contributed by atoms with Crippen LogP contribution in [0, 0.1) is 0 Å². The van der Waals surface area contributed by atoms with Gasteiger partial charge < -0.3 is 19.1 Å². The Balaban J connectivity index is 2.04. The van der Waals surface area contributed by atoms with E-state index in [4.69, 9.17) is 4.74 Å². The van der Waals surface area contributed by atoms with E-state index < -0.39 is 55.7 Å². The minimum absolute atomic E-state index is 0.164. The van der Waals surface area contributed by atoms with Crippen LogP contribution in [-0.4, -0.2) is 65.7 Å². The topological polar surface area (TPSA) is 116 Å². The largest absolute Gasteiger partial charge is 0.511 e. The number of nitrogens with zero attached hydrogens (tertiary/aromatic N) is 1. The second kappa shape index (κ2) is 6.51. The molecule has 2 fully saturated rings. The number of esters is 1. The van der Waals surface area contributed by atoms with E-state index in [-0.39, 0.29) is 6.61 Å². The van der Waals surface area contributed by atoms with Crippen molar-refractivity contribution in [3.8, 4) is 0 Å². The first-order valence-electron chi connectivity index (χ1n) is 7.23. The van der Waals surface area contributed by atoms with Crippen molar-refractivity contribution >= 4 is 43.8 Å². The molecule has 0 aromatic rings. The van der Waals surface area contributed by atoms with Crippen LogP contribution in [-0.2, 0) is 33.6 Å². The highest BCUT2D eigenvalue weighted by molar-refractivity contribution is 9.10. The number of fused-ring (bicyclic) bond motifs is 1. The van der Waals surface area contributed by atoms with Crippen LogP contribution in [0.5, 0.6) is 0 Å². The summed E-state index contributed by atoms with van der Waals surface area (Å²) in [6.07, 6.45) is -0.392. The fourth-order valence-electron chi connectivity index (χ4n) is 2.67. The van der Waals surface area contributed by atoms with Gasteiger partial charge >= 0.3 is 12.1 Å². The summed E-state index contributed by atoms with van der Waals surface area (Å²) in [5.74, 6) is -1.46. The number of carbonyl (C=O) groups is 3. The van der Waals surface area contributed by atoms with E-state index in [0.29, 0.717) is 6.42 Å². The van der Waals surface area contributed by atoms with E-state index in [1.165, 1.54) is 13.8 Å². The standard InChI is InChI=1S/C13H18BrNO8S/c1-4-5-21-12(18)23-6-22-11(17)8-13(2,3)24(19,20)10-7(14)9(16)15(8)10/h7-8,10H,4-6H2,1-3H3/t7-,8+,10-/m1/s1. The number of β-lactam (4-membered cyclic amide) rings is 1. The highest BCUT2D eigenvalue weighted by Crippen LogP contribution is 2.48. The molecule has 24 heavy (non-hydrogen) atoms. The summed E-state index contributed by atoms with van der Waals surface area (Å²) in [7, 11) is -3.77. The van der Waals surface area contributed by atoms with E-state index in [0.717, 1.165) is 4.90 Å². The lowest BCUT2D eigenvalue weighted by Crippen LogP contribution is -2.64. The van der Waals surface area contributed by atoms with Crippen molar-refractivity contribution in [2.24, 2.45) is 0 Å². The zero-order chi connectivity index (χ0) is 18.3. The molecule has 0 N–H and O–H groups in total. The Morgan fingerprint density at radius 3 is 2.46 bits per heavy atom. The van der Waals surface area contributed by atoms with E-state index in [1.54, 1.807) is 6.92 Å². The molecule has 3 atom stereocenters. The summed E-state index contributed by atoms with van der Waals surface area (Å²) in [5, 5.41) is -1.10. The molecule has 0 aliphatic carbocycles. The maximum Gasteiger partial charge on any atom is 0.511 e. The lowest BCUT2D eigenvalue weighted by molar-refractivity contribution is -0.167. The van der Waals surface area contributed by atoms with E-state index in [1.807, 2.05) is 0 Å². The van der Waals surface area contributed by atoms with E-state index in [9.17, 15) is 22.8 Å². The third-order valence-corrected chi connectivity index (χ3v) is 8.10. The molecular formula is C13H18BrNO8S. The first-order valence-corrected chi connectivity index (χ1v) is 9.69. The minimum atomic E-state index is -3.77. The quantitative estimate of drug-likeness (QED) is 0.270. The number of rotatable bonds is 5. The Kier molecular flexibility index (Phi) is 5.14. The second-order valence-corrected chi connectivity index (χ2v) is 9.52. The monoisotopic (exact) mass is 427 g/mol. The Hall–Kier alpha value is -1.36. The van der Waals surface area contributed by atoms with Crippen molar-refractivity contribution < 1.29 is 37.0 Å². The van der Waals surface area contributed by atoms with Gasteiger partial charge in [0.25, 0.3) is 0 Å². The van der Waals surface area contributed by atoms with Crippen molar-refractivity contribution in [1.82, 2.24) is 4.90 Å². The average molecular weight is 428 g/mol. The van der Waals surface area contributed by atoms with Crippen molar-refractivity contribution in [2.75, 3.05) is 13.4 Å². The maximum atomic E-state index is 12.5. The third-order valence-electron chi connectivity index (χ3n) is 4.03. The highest BCUT2D eigenvalue weighted by atomic mass is 79.9. The summed E-state index contributed by atoms with van der Waals surface area (Å²) in [5.41, 5.74) is 0. The van der Waals surface area contributed by atoms with Gasteiger partial charge in [0.05, 0.1) is 6.61 Å². The molecule has 0 bridgehead atoms. The van der Waals surface area contributed by atoms with Crippen molar-refractivity contribution in [1.29, 1.82) is 0 Å². The lowest BCUT2D eigenvalue weighted by Gasteiger charge is -2.40. The van der Waals surface area contributed by atoms with Crippen LogP contribution in [0.3, 0.4) is 0 Å². The molecule has 0 radical (unpaired) electrons. The Labute approximate surface area is 147 Å². The number of hydrogen-bond acceptors (Lipinski definition) is 8. The van der Waals surface area contributed by atoms with Crippen LogP contribution >= 0.6 is 15.9 Å². The van der Waals surface area contributed by atoms with Crippen LogP contribution in [0.25, 0.3) is 0 Å². The maximum absolute atomic E-state index is 12.5. The van der Waals surface area contributed by atoms with Crippen LogP contribution < -0.4 is 0 Å². The van der Waals surface area contributed by atoms with Gasteiger partial charge in [-0.1, -0.05) is 22.9 Å². The molecule has 9 nitrogen and oxygen atoms in total. The van der Waals surface area contributed by atoms with E-state index >= 15 is 0 Å². The van der Waals surface area contributed by atoms with E-state index in [2.05, 4.69) is 25.4 Å². The highest BCUT2D eigenvalue weighted by Gasteiger charge is 2.71. The summed E-state index contributed by atoms with van der Waals surface area (Å²) < 4.78 is 37.5. The summed E-state index contributed by atoms with van der Waals surface area (Å²) in [6.45, 7) is 3.95. The fraction of sp³-hybridized carbons (Fsp3) is 0.769. The van der Waals surface area contributed by atoms with Gasteiger partial charge in [-0.2, -0.15) is 0 Å². The molecule has 2 rings (SSSR count). The lowest BCUT2D eigenvalue weighted by atomic mass is 9.98. The molecule has 2 saturated heterocycles. The fourth-order valence-corrected chi connectivity index (χ4v) is 6.11. The molecule has 136 valence electrons. The SMILES string of the molecule is CCCOC(=O)OCOC(=O)[C@@H]1N2C(=O)[C@@H](Br)[C@H]2S(=O)(=O)C1(C)C. The molecule has 2 aliphatic rings. The molecule has 1 amide bonds. The van der Waals surface area contributed by atoms with Gasteiger partial charge in [0.1, 0.15) is 15.6 Å². The van der Waals surface area contributed by atoms with Gasteiger partial charge in [0, 0.05) is 0 Å². The molecule has 0 unspecified atom stereocenters. The molecule has 0 spiro atoms. The first-order chi connectivity index (χ1) is 11.1. The van der Waals surface area contributed by atoms with Crippen molar-refractivity contribution in [3.05, 3.63) is 0 Å². The van der Waals surface area contributed by atoms with Crippen molar-refractivity contribution in [3.63, 3.8) is 0 Å². The zero-order valence-electron chi connectivity index (χ0n) is 13.4. The van der Waals surface area contributed by atoms with Crippen LogP contribution in [0.4, 0.5) is 4.79 Å². The molecule has 2 heterocycles. The Morgan fingerprint density at radius 1 is 1.25 bits per heavy atom. The minimum Gasteiger partial charge on any atom is -0.434 e. The average Bonchev–Trinajstić information content (AvgIpc) is 2.65. The van der Waals surface area contributed by atoms with Crippen LogP contribution in [0.15, 0.2) is 0 Å². The Morgan fingerprint density at radius 2 is 1.88 bits per heavy atom. The molecule has 0 saturated carbocycles. The normalized spacial score (nSPS) is 29.4. The zero-order valence-corrected chi connectivity index (χ0v) is 15.8. The number of carbonyl (C=O) groups excluding carboxylic acids is 3. The molecule has 0 aromatic heterocycles. The summed E-state index contributed by atoms with van der Waals surface area (Å²) >= 11 is 3.02. The van der Waals surface area contributed by atoms with Gasteiger partial charge in [0.15, 0.2) is 15.2 Å². The predicted molar refractivity (Wildman–Crippen MR) is 83.8 cm³/mol. The smallest absolute Gasteiger partial charge is 0.434 e. The van der Waals surface area contributed by atoms with Gasteiger partial charge in [-0.15, -0.1) is 0 Å². The Bertz CT molecular complexity index is 661. The number of halogens is 1. The number of hydrogen-bond donors (Lipinski definition) is 0. The van der Waals surface area contributed by atoms with Gasteiger partial charge in [-0.25, -0.2) is 18.0 Å². The molecule has 2 aliphatic heterocycles. The van der Waals surface area contributed by atoms with Gasteiger partial charge in [0.2, 0.25) is 12.7 Å². The predicted octanol–water partition coefficient (Wildman–Crippen LogP) is 0.558. The van der Waals surface area contributed by atoms with Crippen LogP contribution in [0.1, 0.15) is 27.2 Å². The first kappa shape index (κ1) is 19.0. The third kappa shape index (κ3) is 2.77. The second-order valence-electron chi connectivity index (χ2n) is 5.91. The van der Waals surface area contributed by atoms with Gasteiger partial charge in [-0.05, 0) is 20.3 Å². The molecule has 0 aromatic carbocycles. The number of alkyl halides is 1. The number of sulfone groups is 1. The van der Waals surface area contributed by atoms with Crippen molar-refractivity contribution in [2.45, 2.75) is 48.2 Å². The summed E-state index contributed by atoms with van der Waals surface area (Å²) in [4.78, 5) is 35.5. The van der Waals surface area contributed by atoms with Crippen LogP contribution in [0.2, 0.25) is 0 Å². The molecule has 11 heteroatoms. The number of amides is 1. The van der Waals surface area contributed by atoms with Gasteiger partial charge in [-0.3, -0.25) is 4.79 Å². The molecular weight excluding hydrogens is 410 g/mol. The summed E-state index contributed by atoms with van der Waals surface area (Å²) in [6, 6.07) is -1.30.